The Morgan fingerprint density at radius 3 is 2.76 bits per heavy atom. The van der Waals surface area contributed by atoms with Crippen molar-refractivity contribution in [2.24, 2.45) is 0 Å². The highest BCUT2D eigenvalue weighted by molar-refractivity contribution is 7.78. The van der Waals surface area contributed by atoms with Gasteiger partial charge in [-0.3, -0.25) is 14.9 Å². The lowest BCUT2D eigenvalue weighted by molar-refractivity contribution is 0.102. The number of aromatic amines is 1. The van der Waals surface area contributed by atoms with E-state index in [2.05, 4.69) is 30.8 Å². The average molecular weight is 481 g/mol. The number of carbonyl (C=O) groups excluding carboxylic acids is 1. The SMILES string of the molecule is O=C(Nc1ccc(F)c(CCc2cc(Nc3cnccn3)n[nH]2)c1)c1cccc(CS(=O)O)c1. The van der Waals surface area contributed by atoms with Gasteiger partial charge in [0.05, 0.1) is 11.9 Å². The molecular formula is C23H21FN6O3S. The summed E-state index contributed by atoms with van der Waals surface area (Å²) >= 11 is -2.00. The van der Waals surface area contributed by atoms with Gasteiger partial charge in [0.2, 0.25) is 0 Å². The topological polar surface area (TPSA) is 133 Å². The molecule has 11 heteroatoms. The first-order chi connectivity index (χ1) is 16.5. The molecule has 0 radical (unpaired) electrons. The first-order valence-electron chi connectivity index (χ1n) is 10.3. The zero-order valence-corrected chi connectivity index (χ0v) is 18.7. The van der Waals surface area contributed by atoms with Crippen LogP contribution < -0.4 is 10.6 Å². The third kappa shape index (κ3) is 6.30. The number of anilines is 3. The minimum atomic E-state index is -2.00. The molecule has 0 fully saturated rings. The van der Waals surface area contributed by atoms with Crippen LogP contribution in [0.1, 0.15) is 27.2 Å². The van der Waals surface area contributed by atoms with Gasteiger partial charge in [0.25, 0.3) is 5.91 Å². The molecule has 0 aliphatic rings. The van der Waals surface area contributed by atoms with Gasteiger partial charge in [-0.2, -0.15) is 5.10 Å². The number of benzene rings is 2. The lowest BCUT2D eigenvalue weighted by Crippen LogP contribution is -2.13. The maximum atomic E-state index is 14.4. The summed E-state index contributed by atoms with van der Waals surface area (Å²) in [4.78, 5) is 20.7. The van der Waals surface area contributed by atoms with E-state index in [4.69, 9.17) is 4.55 Å². The van der Waals surface area contributed by atoms with E-state index >= 15 is 0 Å². The number of aryl methyl sites for hydroxylation is 2. The van der Waals surface area contributed by atoms with Gasteiger partial charge in [-0.25, -0.2) is 13.6 Å². The van der Waals surface area contributed by atoms with Crippen molar-refractivity contribution in [2.75, 3.05) is 10.6 Å². The van der Waals surface area contributed by atoms with Crippen LogP contribution in [0, 0.1) is 5.82 Å². The number of amides is 1. The highest BCUT2D eigenvalue weighted by Gasteiger charge is 2.11. The molecule has 1 amide bonds. The maximum Gasteiger partial charge on any atom is 0.255 e. The van der Waals surface area contributed by atoms with Crippen LogP contribution in [-0.2, 0) is 29.7 Å². The van der Waals surface area contributed by atoms with Crippen molar-refractivity contribution in [1.29, 1.82) is 0 Å². The van der Waals surface area contributed by atoms with Crippen LogP contribution in [0.15, 0.2) is 67.1 Å². The Hall–Kier alpha value is -3.96. The molecule has 4 N–H and O–H groups in total. The molecule has 0 spiro atoms. The molecule has 174 valence electrons. The Morgan fingerprint density at radius 2 is 1.97 bits per heavy atom. The van der Waals surface area contributed by atoms with Crippen LogP contribution >= 0.6 is 0 Å². The normalized spacial score (nSPS) is 11.7. The quantitative estimate of drug-likeness (QED) is 0.268. The van der Waals surface area contributed by atoms with Crippen molar-refractivity contribution in [3.05, 3.63) is 95.3 Å². The second kappa shape index (κ2) is 10.8. The molecule has 4 rings (SSSR count). The Labute approximate surface area is 197 Å². The minimum Gasteiger partial charge on any atom is -0.322 e. The minimum absolute atomic E-state index is 0.0641. The van der Waals surface area contributed by atoms with Crippen LogP contribution in [0.4, 0.5) is 21.7 Å². The highest BCUT2D eigenvalue weighted by atomic mass is 32.2. The van der Waals surface area contributed by atoms with E-state index in [-0.39, 0.29) is 11.6 Å². The number of rotatable bonds is 9. The van der Waals surface area contributed by atoms with E-state index in [0.717, 1.165) is 5.69 Å². The molecule has 2 aromatic heterocycles. The molecule has 0 aliphatic heterocycles. The maximum absolute atomic E-state index is 14.4. The summed E-state index contributed by atoms with van der Waals surface area (Å²) < 4.78 is 34.4. The third-order valence-corrected chi connectivity index (χ3v) is 5.48. The van der Waals surface area contributed by atoms with Crippen molar-refractivity contribution in [1.82, 2.24) is 20.2 Å². The van der Waals surface area contributed by atoms with E-state index in [0.29, 0.717) is 46.9 Å². The summed E-state index contributed by atoms with van der Waals surface area (Å²) in [5, 5.41) is 12.9. The number of nitrogens with zero attached hydrogens (tertiary/aromatic N) is 3. The molecule has 0 bridgehead atoms. The zero-order valence-electron chi connectivity index (χ0n) is 17.9. The molecule has 0 aliphatic carbocycles. The Bertz CT molecular complexity index is 1320. The van der Waals surface area contributed by atoms with E-state index in [1.54, 1.807) is 48.9 Å². The monoisotopic (exact) mass is 480 g/mol. The van der Waals surface area contributed by atoms with Crippen molar-refractivity contribution in [3.63, 3.8) is 0 Å². The van der Waals surface area contributed by atoms with Crippen molar-refractivity contribution >= 4 is 34.3 Å². The van der Waals surface area contributed by atoms with Crippen LogP contribution in [0.25, 0.3) is 0 Å². The number of halogens is 1. The smallest absolute Gasteiger partial charge is 0.255 e. The van der Waals surface area contributed by atoms with Gasteiger partial charge in [0.1, 0.15) is 11.6 Å². The Balaban J connectivity index is 1.39. The first-order valence-corrected chi connectivity index (χ1v) is 11.6. The lowest BCUT2D eigenvalue weighted by Gasteiger charge is -2.09. The number of carbonyl (C=O) groups is 1. The molecule has 1 atom stereocenters. The summed E-state index contributed by atoms with van der Waals surface area (Å²) in [6.07, 6.45) is 5.61. The van der Waals surface area contributed by atoms with Gasteiger partial charge < -0.3 is 15.2 Å². The first kappa shape index (κ1) is 23.2. The largest absolute Gasteiger partial charge is 0.322 e. The fourth-order valence-electron chi connectivity index (χ4n) is 3.31. The van der Waals surface area contributed by atoms with Crippen molar-refractivity contribution in [2.45, 2.75) is 18.6 Å². The van der Waals surface area contributed by atoms with Gasteiger partial charge in [-0.1, -0.05) is 12.1 Å². The van der Waals surface area contributed by atoms with E-state index < -0.39 is 17.0 Å². The average Bonchev–Trinajstić information content (AvgIpc) is 3.27. The van der Waals surface area contributed by atoms with Crippen LogP contribution in [0.5, 0.6) is 0 Å². The summed E-state index contributed by atoms with van der Waals surface area (Å²) in [6, 6.07) is 12.7. The van der Waals surface area contributed by atoms with Gasteiger partial charge in [0, 0.05) is 35.4 Å². The molecule has 9 nitrogen and oxygen atoms in total. The summed E-state index contributed by atoms with van der Waals surface area (Å²) in [7, 11) is 0. The highest BCUT2D eigenvalue weighted by Crippen LogP contribution is 2.19. The predicted octanol–water partition coefficient (Wildman–Crippen LogP) is 3.84. The number of hydrogen-bond acceptors (Lipinski definition) is 6. The Kier molecular flexibility index (Phi) is 7.35. The van der Waals surface area contributed by atoms with Gasteiger partial charge in [-0.15, -0.1) is 0 Å². The van der Waals surface area contributed by atoms with Gasteiger partial charge in [-0.05, 0) is 54.3 Å². The Morgan fingerprint density at radius 1 is 1.09 bits per heavy atom. The molecule has 4 aromatic rings. The van der Waals surface area contributed by atoms with E-state index in [1.165, 1.54) is 12.1 Å². The fourth-order valence-corrected chi connectivity index (χ4v) is 3.77. The number of nitrogens with one attached hydrogen (secondary N) is 3. The standard InChI is InChI=1S/C23H21FN6O3S/c24-20-7-6-18(27-23(31)17-3-1-2-15(10-17)14-34(32)33)11-16(20)4-5-19-12-21(30-29-19)28-22-13-25-8-9-26-22/h1-3,6-13H,4-5,14H2,(H,27,31)(H,32,33)(H2,26,28,29,30). The van der Waals surface area contributed by atoms with Crippen molar-refractivity contribution < 1.29 is 17.9 Å². The van der Waals surface area contributed by atoms with Crippen molar-refractivity contribution in [3.8, 4) is 0 Å². The molecular weight excluding hydrogens is 459 g/mol. The molecule has 2 aromatic carbocycles. The van der Waals surface area contributed by atoms with Crippen LogP contribution in [0.3, 0.4) is 0 Å². The van der Waals surface area contributed by atoms with Gasteiger partial charge in [0.15, 0.2) is 16.9 Å². The summed E-state index contributed by atoms with van der Waals surface area (Å²) in [6.45, 7) is 0. The molecule has 0 saturated heterocycles. The lowest BCUT2D eigenvalue weighted by atomic mass is 10.1. The van der Waals surface area contributed by atoms with Crippen LogP contribution in [-0.4, -0.2) is 34.8 Å². The molecule has 2 heterocycles. The summed E-state index contributed by atoms with van der Waals surface area (Å²) in [5.41, 5.74) is 2.61. The number of hydrogen-bond donors (Lipinski definition) is 4. The third-order valence-electron chi connectivity index (χ3n) is 4.90. The number of aromatic nitrogens is 4. The predicted molar refractivity (Wildman–Crippen MR) is 127 cm³/mol. The molecule has 0 saturated carbocycles. The number of H-pyrrole nitrogens is 1. The van der Waals surface area contributed by atoms with E-state index in [9.17, 15) is 13.4 Å². The second-order valence-electron chi connectivity index (χ2n) is 7.42. The van der Waals surface area contributed by atoms with Crippen LogP contribution in [0.2, 0.25) is 0 Å². The molecule has 1 unspecified atom stereocenters. The van der Waals surface area contributed by atoms with E-state index in [1.807, 2.05) is 6.07 Å². The van der Waals surface area contributed by atoms with Gasteiger partial charge >= 0.3 is 0 Å². The summed E-state index contributed by atoms with van der Waals surface area (Å²) in [5.74, 6) is 0.305. The fraction of sp³-hybridized carbons (Fsp3) is 0.130. The zero-order chi connectivity index (χ0) is 23.9. The molecule has 34 heavy (non-hydrogen) atoms. The second-order valence-corrected chi connectivity index (χ2v) is 8.35.